The van der Waals surface area contributed by atoms with E-state index in [-0.39, 0.29) is 18.1 Å². The van der Waals surface area contributed by atoms with Crippen LogP contribution in [0, 0.1) is 10.1 Å². The third-order valence-corrected chi connectivity index (χ3v) is 4.33. The predicted molar refractivity (Wildman–Crippen MR) is 84.7 cm³/mol. The fourth-order valence-corrected chi connectivity index (χ4v) is 3.11. The van der Waals surface area contributed by atoms with E-state index in [0.717, 1.165) is 17.7 Å². The summed E-state index contributed by atoms with van der Waals surface area (Å²) in [6.07, 6.45) is 3.57. The second-order valence-corrected chi connectivity index (χ2v) is 5.84. The smallest absolute Gasteiger partial charge is 0.274 e. The Morgan fingerprint density at radius 1 is 1.48 bits per heavy atom. The Morgan fingerprint density at radius 2 is 2.33 bits per heavy atom. The van der Waals surface area contributed by atoms with Crippen LogP contribution in [0.25, 0.3) is 10.2 Å². The van der Waals surface area contributed by atoms with Crippen molar-refractivity contribution in [3.05, 3.63) is 28.3 Å². The molecule has 1 aromatic heterocycles. The standard InChI is InChI=1S/C13H15N3O3S.ClH/c17-16(18)10-4-5-12-11(7-10)15-13(20-12)19-8-9-3-1-2-6-14-9;/h4-5,7,9,14H,1-3,6,8H2;1H. The highest BCUT2D eigenvalue weighted by Crippen LogP contribution is 2.30. The molecule has 0 radical (unpaired) electrons. The number of hydrogen-bond donors (Lipinski definition) is 1. The number of rotatable bonds is 4. The summed E-state index contributed by atoms with van der Waals surface area (Å²) in [4.78, 5) is 14.6. The van der Waals surface area contributed by atoms with Gasteiger partial charge in [0.1, 0.15) is 6.61 Å². The molecule has 114 valence electrons. The maximum absolute atomic E-state index is 10.7. The molecule has 0 aliphatic carbocycles. The molecular formula is C13H16ClN3O3S. The first-order chi connectivity index (χ1) is 9.72. The normalized spacial score (nSPS) is 18.2. The number of piperidine rings is 1. The molecule has 0 saturated carbocycles. The van der Waals surface area contributed by atoms with E-state index in [9.17, 15) is 10.1 Å². The van der Waals surface area contributed by atoms with E-state index >= 15 is 0 Å². The van der Waals surface area contributed by atoms with Gasteiger partial charge in [0.05, 0.1) is 15.1 Å². The van der Waals surface area contributed by atoms with Crippen molar-refractivity contribution in [3.8, 4) is 5.19 Å². The summed E-state index contributed by atoms with van der Waals surface area (Å²) in [5, 5.41) is 14.7. The van der Waals surface area contributed by atoms with Gasteiger partial charge in [-0.3, -0.25) is 10.1 Å². The predicted octanol–water partition coefficient (Wildman–Crippen LogP) is 3.15. The van der Waals surface area contributed by atoms with Gasteiger partial charge in [-0.1, -0.05) is 17.8 Å². The number of nitro benzene ring substituents is 1. The molecule has 1 unspecified atom stereocenters. The molecule has 0 bridgehead atoms. The first-order valence-electron chi connectivity index (χ1n) is 6.63. The number of non-ortho nitro benzene ring substituents is 1. The van der Waals surface area contributed by atoms with E-state index in [2.05, 4.69) is 10.3 Å². The molecular weight excluding hydrogens is 314 g/mol. The van der Waals surface area contributed by atoms with Crippen LogP contribution in [0.5, 0.6) is 5.19 Å². The molecule has 8 heteroatoms. The van der Waals surface area contributed by atoms with Gasteiger partial charge in [-0.05, 0) is 25.5 Å². The molecule has 3 rings (SSSR count). The minimum atomic E-state index is -0.411. The average molecular weight is 330 g/mol. The quantitative estimate of drug-likeness (QED) is 0.688. The molecule has 2 aromatic rings. The van der Waals surface area contributed by atoms with E-state index < -0.39 is 4.92 Å². The maximum atomic E-state index is 10.7. The third kappa shape index (κ3) is 3.81. The lowest BCUT2D eigenvalue weighted by atomic mass is 10.1. The van der Waals surface area contributed by atoms with Crippen LogP contribution in [0.2, 0.25) is 0 Å². The molecule has 2 heterocycles. The fourth-order valence-electron chi connectivity index (χ4n) is 2.31. The van der Waals surface area contributed by atoms with Gasteiger partial charge in [-0.25, -0.2) is 4.98 Å². The Bertz CT molecular complexity index is 628. The van der Waals surface area contributed by atoms with Gasteiger partial charge in [0.25, 0.3) is 10.9 Å². The summed E-state index contributed by atoms with van der Waals surface area (Å²) < 4.78 is 6.61. The Kier molecular flexibility index (Phi) is 5.33. The minimum absolute atomic E-state index is 0. The number of ether oxygens (including phenoxy) is 1. The zero-order valence-electron chi connectivity index (χ0n) is 11.3. The van der Waals surface area contributed by atoms with Crippen molar-refractivity contribution in [2.24, 2.45) is 0 Å². The van der Waals surface area contributed by atoms with Crippen molar-refractivity contribution in [3.63, 3.8) is 0 Å². The first-order valence-corrected chi connectivity index (χ1v) is 7.45. The van der Waals surface area contributed by atoms with Gasteiger partial charge >= 0.3 is 0 Å². The summed E-state index contributed by atoms with van der Waals surface area (Å²) in [6, 6.07) is 5.08. The van der Waals surface area contributed by atoms with E-state index in [1.807, 2.05) is 0 Å². The van der Waals surface area contributed by atoms with Crippen LogP contribution >= 0.6 is 23.7 Å². The largest absolute Gasteiger partial charge is 0.468 e. The van der Waals surface area contributed by atoms with Gasteiger partial charge < -0.3 is 10.1 Å². The van der Waals surface area contributed by atoms with Gasteiger partial charge in [0.15, 0.2) is 0 Å². The van der Waals surface area contributed by atoms with Gasteiger partial charge in [-0.2, -0.15) is 0 Å². The number of nitrogens with zero attached hydrogens (tertiary/aromatic N) is 2. The number of fused-ring (bicyclic) bond motifs is 1. The van der Waals surface area contributed by atoms with Crippen LogP contribution in [0.3, 0.4) is 0 Å². The Hall–Kier alpha value is -1.44. The van der Waals surface area contributed by atoms with Crippen LogP contribution < -0.4 is 10.1 Å². The molecule has 1 aliphatic heterocycles. The summed E-state index contributed by atoms with van der Waals surface area (Å²) in [5.41, 5.74) is 0.680. The highest BCUT2D eigenvalue weighted by atomic mass is 35.5. The Labute approximate surface area is 132 Å². The van der Waals surface area contributed by atoms with Crippen molar-refractivity contribution >= 4 is 39.6 Å². The molecule has 1 aromatic carbocycles. The molecule has 0 amide bonds. The van der Waals surface area contributed by atoms with Gasteiger partial charge in [0.2, 0.25) is 0 Å². The fraction of sp³-hybridized carbons (Fsp3) is 0.462. The highest BCUT2D eigenvalue weighted by molar-refractivity contribution is 7.20. The molecule has 21 heavy (non-hydrogen) atoms. The second-order valence-electron chi connectivity index (χ2n) is 4.85. The van der Waals surface area contributed by atoms with Crippen LogP contribution in [-0.2, 0) is 0 Å². The van der Waals surface area contributed by atoms with Crippen LogP contribution in [0.15, 0.2) is 18.2 Å². The van der Waals surface area contributed by atoms with Crippen molar-refractivity contribution in [2.75, 3.05) is 13.2 Å². The monoisotopic (exact) mass is 329 g/mol. The number of nitrogens with one attached hydrogen (secondary N) is 1. The molecule has 1 aliphatic rings. The van der Waals surface area contributed by atoms with Crippen molar-refractivity contribution < 1.29 is 9.66 Å². The van der Waals surface area contributed by atoms with Crippen molar-refractivity contribution in [2.45, 2.75) is 25.3 Å². The summed E-state index contributed by atoms with van der Waals surface area (Å²) in [6.45, 7) is 1.64. The van der Waals surface area contributed by atoms with E-state index in [4.69, 9.17) is 4.74 Å². The summed E-state index contributed by atoms with van der Waals surface area (Å²) in [7, 11) is 0. The van der Waals surface area contributed by atoms with Crippen LogP contribution in [0.1, 0.15) is 19.3 Å². The van der Waals surface area contributed by atoms with E-state index in [0.29, 0.717) is 23.4 Å². The SMILES string of the molecule is Cl.O=[N+]([O-])c1ccc2sc(OCC3CCCCN3)nc2c1. The zero-order chi connectivity index (χ0) is 13.9. The second kappa shape index (κ2) is 7.02. The van der Waals surface area contributed by atoms with Crippen molar-refractivity contribution in [1.29, 1.82) is 0 Å². The summed E-state index contributed by atoms with van der Waals surface area (Å²) in [5.74, 6) is 0. The number of benzene rings is 1. The molecule has 6 nitrogen and oxygen atoms in total. The Morgan fingerprint density at radius 3 is 3.05 bits per heavy atom. The van der Waals surface area contributed by atoms with E-state index in [1.54, 1.807) is 6.07 Å². The molecule has 0 spiro atoms. The topological polar surface area (TPSA) is 77.3 Å². The highest BCUT2D eigenvalue weighted by Gasteiger charge is 2.15. The lowest BCUT2D eigenvalue weighted by Crippen LogP contribution is -2.38. The first kappa shape index (κ1) is 15.9. The van der Waals surface area contributed by atoms with Crippen molar-refractivity contribution in [1.82, 2.24) is 10.3 Å². The number of halogens is 1. The van der Waals surface area contributed by atoms with Gasteiger partial charge in [-0.15, -0.1) is 12.4 Å². The molecule has 1 N–H and O–H groups in total. The van der Waals surface area contributed by atoms with Gasteiger partial charge in [0, 0.05) is 18.2 Å². The minimum Gasteiger partial charge on any atom is -0.468 e. The zero-order valence-corrected chi connectivity index (χ0v) is 12.9. The number of nitro groups is 1. The molecule has 1 atom stereocenters. The molecule has 1 saturated heterocycles. The lowest BCUT2D eigenvalue weighted by molar-refractivity contribution is -0.384. The third-order valence-electron chi connectivity index (χ3n) is 3.38. The van der Waals surface area contributed by atoms with Crippen LogP contribution in [-0.4, -0.2) is 29.1 Å². The Balaban J connectivity index is 0.00000161. The average Bonchev–Trinajstić information content (AvgIpc) is 2.88. The van der Waals surface area contributed by atoms with Crippen LogP contribution in [0.4, 0.5) is 5.69 Å². The number of thiazole rings is 1. The summed E-state index contributed by atoms with van der Waals surface area (Å²) >= 11 is 1.42. The number of hydrogen-bond acceptors (Lipinski definition) is 6. The van der Waals surface area contributed by atoms with E-state index in [1.165, 1.54) is 36.3 Å². The number of aromatic nitrogens is 1. The lowest BCUT2D eigenvalue weighted by Gasteiger charge is -2.22. The molecule has 1 fully saturated rings. The maximum Gasteiger partial charge on any atom is 0.274 e.